The van der Waals surface area contributed by atoms with Gasteiger partial charge in [-0.3, -0.25) is 5.32 Å². The number of amides is 2. The van der Waals surface area contributed by atoms with Gasteiger partial charge in [-0.15, -0.1) is 10.2 Å². The number of nitrogens with one attached hydrogen (secondary N) is 2. The molecule has 24 heavy (non-hydrogen) atoms. The van der Waals surface area contributed by atoms with Gasteiger partial charge in [0.2, 0.25) is 10.3 Å². The van der Waals surface area contributed by atoms with Gasteiger partial charge in [-0.1, -0.05) is 27.3 Å². The van der Waals surface area contributed by atoms with Gasteiger partial charge in [-0.2, -0.15) is 0 Å². The van der Waals surface area contributed by atoms with Crippen LogP contribution >= 0.6 is 27.3 Å². The third-order valence-electron chi connectivity index (χ3n) is 3.86. The molecule has 6 nitrogen and oxygen atoms in total. The summed E-state index contributed by atoms with van der Waals surface area (Å²) >= 11 is 4.49. The second-order valence-electron chi connectivity index (χ2n) is 5.63. The van der Waals surface area contributed by atoms with Gasteiger partial charge < -0.3 is 10.2 Å². The highest BCUT2D eigenvalue weighted by Gasteiger charge is 2.22. The fourth-order valence-corrected chi connectivity index (χ4v) is 3.81. The standard InChI is InChI=1S/C15H17BrFN5OS/c1-9-4-2-3-7-22(9)15-21-20-14(24-15)19-13(23)18-12-6-5-10(16)8-11(12)17/h5-6,8-9H,2-4,7H2,1H3,(H2,18,19,20,23). The monoisotopic (exact) mass is 413 g/mol. The maximum atomic E-state index is 13.7. The molecule has 2 heterocycles. The van der Waals surface area contributed by atoms with Crippen LogP contribution in [0.3, 0.4) is 0 Å². The Balaban J connectivity index is 1.62. The molecule has 1 saturated heterocycles. The number of anilines is 3. The predicted molar refractivity (Wildman–Crippen MR) is 97.3 cm³/mol. The van der Waals surface area contributed by atoms with Crippen LogP contribution < -0.4 is 15.5 Å². The Hall–Kier alpha value is -1.74. The summed E-state index contributed by atoms with van der Waals surface area (Å²) in [5, 5.41) is 14.4. The van der Waals surface area contributed by atoms with Crippen LogP contribution in [-0.4, -0.2) is 28.8 Å². The highest BCUT2D eigenvalue weighted by atomic mass is 79.9. The van der Waals surface area contributed by atoms with Gasteiger partial charge in [0.1, 0.15) is 5.82 Å². The van der Waals surface area contributed by atoms with Crippen molar-refractivity contribution in [3.63, 3.8) is 0 Å². The molecular formula is C15H17BrFN5OS. The maximum absolute atomic E-state index is 13.7. The quantitative estimate of drug-likeness (QED) is 0.778. The van der Waals surface area contributed by atoms with Crippen molar-refractivity contribution in [2.45, 2.75) is 32.2 Å². The third-order valence-corrected chi connectivity index (χ3v) is 5.23. The molecule has 0 spiro atoms. The van der Waals surface area contributed by atoms with Crippen LogP contribution in [0.2, 0.25) is 0 Å². The molecule has 128 valence electrons. The Morgan fingerprint density at radius 2 is 2.21 bits per heavy atom. The van der Waals surface area contributed by atoms with E-state index in [1.807, 2.05) is 0 Å². The number of nitrogens with zero attached hydrogens (tertiary/aromatic N) is 3. The van der Waals surface area contributed by atoms with Crippen LogP contribution in [-0.2, 0) is 0 Å². The van der Waals surface area contributed by atoms with Crippen molar-refractivity contribution in [3.05, 3.63) is 28.5 Å². The molecule has 2 aromatic rings. The van der Waals surface area contributed by atoms with Crippen molar-refractivity contribution in [2.24, 2.45) is 0 Å². The van der Waals surface area contributed by atoms with Gasteiger partial charge in [-0.25, -0.2) is 9.18 Å². The topological polar surface area (TPSA) is 70.2 Å². The third kappa shape index (κ3) is 4.02. The Morgan fingerprint density at radius 1 is 1.38 bits per heavy atom. The van der Waals surface area contributed by atoms with Crippen LogP contribution in [0.25, 0.3) is 0 Å². The summed E-state index contributed by atoms with van der Waals surface area (Å²) in [6.45, 7) is 3.11. The number of hydrogen-bond acceptors (Lipinski definition) is 5. The smallest absolute Gasteiger partial charge is 0.325 e. The molecule has 3 rings (SSSR count). The molecule has 0 bridgehead atoms. The summed E-state index contributed by atoms with van der Waals surface area (Å²) in [6, 6.07) is 4.30. The van der Waals surface area contributed by atoms with E-state index in [1.165, 1.54) is 29.9 Å². The lowest BCUT2D eigenvalue weighted by atomic mass is 10.1. The maximum Gasteiger partial charge on any atom is 0.325 e. The van der Waals surface area contributed by atoms with Gasteiger partial charge in [0.15, 0.2) is 0 Å². The molecule has 0 saturated carbocycles. The predicted octanol–water partition coefficient (Wildman–Crippen LogP) is 4.46. The van der Waals surface area contributed by atoms with Gasteiger partial charge in [0, 0.05) is 17.1 Å². The van der Waals surface area contributed by atoms with E-state index in [1.54, 1.807) is 6.07 Å². The fourth-order valence-electron chi connectivity index (χ4n) is 2.61. The van der Waals surface area contributed by atoms with Crippen molar-refractivity contribution in [3.8, 4) is 0 Å². The van der Waals surface area contributed by atoms with Gasteiger partial charge in [0.25, 0.3) is 0 Å². The van der Waals surface area contributed by atoms with Crippen molar-refractivity contribution in [2.75, 3.05) is 22.1 Å². The van der Waals surface area contributed by atoms with E-state index < -0.39 is 11.8 Å². The van der Waals surface area contributed by atoms with E-state index in [0.29, 0.717) is 15.6 Å². The number of carbonyl (C=O) groups excluding carboxylic acids is 1. The average molecular weight is 414 g/mol. The SMILES string of the molecule is CC1CCCCN1c1nnc(NC(=O)Nc2ccc(Br)cc2F)s1. The van der Waals surface area contributed by atoms with Crippen LogP contribution in [0.4, 0.5) is 25.1 Å². The minimum Gasteiger partial charge on any atom is -0.344 e. The zero-order chi connectivity index (χ0) is 17.1. The molecular weight excluding hydrogens is 397 g/mol. The Bertz CT molecular complexity index is 740. The van der Waals surface area contributed by atoms with Gasteiger partial charge in [0.05, 0.1) is 5.69 Å². The molecule has 9 heteroatoms. The van der Waals surface area contributed by atoms with Crippen LogP contribution in [0, 0.1) is 5.82 Å². The molecule has 1 aliphatic heterocycles. The van der Waals surface area contributed by atoms with E-state index in [2.05, 4.69) is 48.6 Å². The molecule has 0 aliphatic carbocycles. The number of urea groups is 1. The second kappa shape index (κ2) is 7.43. The Morgan fingerprint density at radius 3 is 2.96 bits per heavy atom. The van der Waals surface area contributed by atoms with Crippen molar-refractivity contribution < 1.29 is 9.18 Å². The van der Waals surface area contributed by atoms with Crippen molar-refractivity contribution in [1.29, 1.82) is 0 Å². The zero-order valence-corrected chi connectivity index (χ0v) is 15.5. The molecule has 2 N–H and O–H groups in total. The van der Waals surface area contributed by atoms with Crippen molar-refractivity contribution >= 4 is 49.2 Å². The van der Waals surface area contributed by atoms with E-state index in [9.17, 15) is 9.18 Å². The van der Waals surface area contributed by atoms with Crippen molar-refractivity contribution in [1.82, 2.24) is 10.2 Å². The summed E-state index contributed by atoms with van der Waals surface area (Å²) in [7, 11) is 0. The van der Waals surface area contributed by atoms with Crippen LogP contribution in [0.15, 0.2) is 22.7 Å². The number of carbonyl (C=O) groups is 1. The first-order chi connectivity index (χ1) is 11.5. The molecule has 1 aromatic heterocycles. The number of piperidine rings is 1. The van der Waals surface area contributed by atoms with E-state index in [4.69, 9.17) is 0 Å². The summed E-state index contributed by atoms with van der Waals surface area (Å²) in [5.74, 6) is -0.514. The molecule has 0 radical (unpaired) electrons. The number of benzene rings is 1. The minimum absolute atomic E-state index is 0.102. The minimum atomic E-state index is -0.550. The highest BCUT2D eigenvalue weighted by Crippen LogP contribution is 2.29. The number of rotatable bonds is 3. The number of aromatic nitrogens is 2. The van der Waals surface area contributed by atoms with Gasteiger partial charge >= 0.3 is 6.03 Å². The van der Waals surface area contributed by atoms with Crippen LogP contribution in [0.1, 0.15) is 26.2 Å². The Labute approximate surface area is 151 Å². The molecule has 1 atom stereocenters. The average Bonchev–Trinajstić information content (AvgIpc) is 2.99. The highest BCUT2D eigenvalue weighted by molar-refractivity contribution is 9.10. The largest absolute Gasteiger partial charge is 0.344 e. The molecule has 1 fully saturated rings. The van der Waals surface area contributed by atoms with E-state index in [-0.39, 0.29) is 5.69 Å². The molecule has 1 aliphatic rings. The normalized spacial score (nSPS) is 17.6. The first-order valence-electron chi connectivity index (χ1n) is 7.66. The second-order valence-corrected chi connectivity index (χ2v) is 7.50. The van der Waals surface area contributed by atoms with E-state index in [0.717, 1.165) is 24.5 Å². The lowest BCUT2D eigenvalue weighted by Crippen LogP contribution is -2.37. The zero-order valence-electron chi connectivity index (χ0n) is 13.1. The Kier molecular flexibility index (Phi) is 5.30. The number of hydrogen-bond donors (Lipinski definition) is 2. The summed E-state index contributed by atoms with van der Waals surface area (Å²) in [6.07, 6.45) is 3.49. The summed E-state index contributed by atoms with van der Waals surface area (Å²) in [4.78, 5) is 14.2. The summed E-state index contributed by atoms with van der Waals surface area (Å²) < 4.78 is 14.3. The van der Waals surface area contributed by atoms with E-state index >= 15 is 0 Å². The van der Waals surface area contributed by atoms with Gasteiger partial charge in [-0.05, 0) is 44.4 Å². The lowest BCUT2D eigenvalue weighted by molar-refractivity contribution is 0.262. The molecule has 1 unspecified atom stereocenters. The first-order valence-corrected chi connectivity index (χ1v) is 9.27. The van der Waals surface area contributed by atoms with Crippen LogP contribution in [0.5, 0.6) is 0 Å². The first kappa shape index (κ1) is 17.1. The molecule has 1 aromatic carbocycles. The fraction of sp³-hybridized carbons (Fsp3) is 0.400. The lowest BCUT2D eigenvalue weighted by Gasteiger charge is -2.32. The number of halogens is 2. The molecule has 2 amide bonds. The summed E-state index contributed by atoms with van der Waals surface area (Å²) in [5.41, 5.74) is 0.102.